The molecule has 0 aliphatic heterocycles. The Morgan fingerprint density at radius 1 is 1.18 bits per heavy atom. The second-order valence-corrected chi connectivity index (χ2v) is 4.22. The molecule has 8 heteroatoms. The first-order valence-electron chi connectivity index (χ1n) is 6.08. The van der Waals surface area contributed by atoms with Crippen molar-refractivity contribution >= 4 is 17.8 Å². The highest BCUT2D eigenvalue weighted by Gasteiger charge is 2.15. The van der Waals surface area contributed by atoms with Crippen molar-refractivity contribution in [2.45, 2.75) is 0 Å². The summed E-state index contributed by atoms with van der Waals surface area (Å²) in [7, 11) is 0. The molecule has 0 radical (unpaired) electrons. The van der Waals surface area contributed by atoms with Crippen LogP contribution in [0.4, 0.5) is 5.69 Å². The summed E-state index contributed by atoms with van der Waals surface area (Å²) in [6.07, 6.45) is 1.10. The molecule has 0 fully saturated rings. The number of nitro groups is 1. The number of nitro benzene ring substituents is 1. The lowest BCUT2D eigenvalue weighted by molar-refractivity contribution is -0.385. The predicted molar refractivity (Wildman–Crippen MR) is 77.9 cm³/mol. The molecule has 2 aromatic rings. The number of benzene rings is 2. The molecule has 0 aliphatic carbocycles. The molecular formula is C14H11N3O5. The van der Waals surface area contributed by atoms with Crippen LogP contribution in [-0.2, 0) is 0 Å². The first-order chi connectivity index (χ1) is 10.5. The second kappa shape index (κ2) is 6.35. The van der Waals surface area contributed by atoms with Gasteiger partial charge in [0.1, 0.15) is 5.75 Å². The number of phenolic OH excluding ortho intramolecular Hbond substituents is 2. The van der Waals surface area contributed by atoms with Gasteiger partial charge in [0.15, 0.2) is 0 Å². The molecule has 2 aromatic carbocycles. The lowest BCUT2D eigenvalue weighted by Crippen LogP contribution is -2.17. The molecular weight excluding hydrogens is 290 g/mol. The van der Waals surface area contributed by atoms with Crippen molar-refractivity contribution in [2.75, 3.05) is 0 Å². The van der Waals surface area contributed by atoms with Crippen LogP contribution >= 0.6 is 0 Å². The van der Waals surface area contributed by atoms with Gasteiger partial charge in [0.05, 0.1) is 11.1 Å². The molecule has 22 heavy (non-hydrogen) atoms. The maximum absolute atomic E-state index is 11.7. The van der Waals surface area contributed by atoms with E-state index < -0.39 is 22.3 Å². The van der Waals surface area contributed by atoms with Gasteiger partial charge >= 0.3 is 5.69 Å². The first-order valence-corrected chi connectivity index (χ1v) is 6.08. The normalized spacial score (nSPS) is 10.5. The topological polar surface area (TPSA) is 125 Å². The van der Waals surface area contributed by atoms with Gasteiger partial charge in [-0.05, 0) is 30.3 Å². The fraction of sp³-hybridized carbons (Fsp3) is 0. The minimum atomic E-state index is -0.721. The van der Waals surface area contributed by atoms with Gasteiger partial charge in [0, 0.05) is 17.2 Å². The Morgan fingerprint density at radius 2 is 1.86 bits per heavy atom. The fourth-order valence-electron chi connectivity index (χ4n) is 1.64. The molecule has 3 N–H and O–H groups in total. The first kappa shape index (κ1) is 15.0. The minimum absolute atomic E-state index is 0.0292. The third-order valence-electron chi connectivity index (χ3n) is 2.74. The van der Waals surface area contributed by atoms with Crippen LogP contribution in [0.1, 0.15) is 15.9 Å². The van der Waals surface area contributed by atoms with Crippen molar-refractivity contribution in [1.29, 1.82) is 0 Å². The summed E-state index contributed by atoms with van der Waals surface area (Å²) in [6.45, 7) is 0. The molecule has 0 atom stereocenters. The maximum atomic E-state index is 11.7. The van der Waals surface area contributed by atoms with E-state index in [4.69, 9.17) is 5.11 Å². The average Bonchev–Trinajstić information content (AvgIpc) is 2.49. The quantitative estimate of drug-likeness (QED) is 0.451. The third kappa shape index (κ3) is 3.37. The Labute approximate surface area is 124 Å². The molecule has 0 spiro atoms. The van der Waals surface area contributed by atoms with Crippen molar-refractivity contribution in [3.63, 3.8) is 0 Å². The van der Waals surface area contributed by atoms with E-state index in [1.807, 2.05) is 0 Å². The zero-order valence-electron chi connectivity index (χ0n) is 11.1. The number of rotatable bonds is 4. The number of nitrogens with zero attached hydrogens (tertiary/aromatic N) is 2. The van der Waals surface area contributed by atoms with E-state index in [0.29, 0.717) is 0 Å². The van der Waals surface area contributed by atoms with Crippen LogP contribution in [-0.4, -0.2) is 27.3 Å². The van der Waals surface area contributed by atoms with Crippen LogP contribution in [0.25, 0.3) is 0 Å². The highest BCUT2D eigenvalue weighted by atomic mass is 16.6. The Morgan fingerprint density at radius 3 is 2.50 bits per heavy atom. The van der Waals surface area contributed by atoms with Gasteiger partial charge in [-0.25, -0.2) is 5.43 Å². The van der Waals surface area contributed by atoms with E-state index in [9.17, 15) is 20.0 Å². The van der Waals surface area contributed by atoms with Crippen molar-refractivity contribution in [2.24, 2.45) is 5.10 Å². The van der Waals surface area contributed by atoms with Gasteiger partial charge < -0.3 is 10.2 Å². The summed E-state index contributed by atoms with van der Waals surface area (Å²) < 4.78 is 0. The molecule has 0 aliphatic rings. The van der Waals surface area contributed by atoms with E-state index in [1.54, 1.807) is 0 Å². The Balaban J connectivity index is 2.10. The van der Waals surface area contributed by atoms with Gasteiger partial charge in [-0.1, -0.05) is 6.07 Å². The van der Waals surface area contributed by atoms with Crippen molar-refractivity contribution in [1.82, 2.24) is 5.43 Å². The number of carbonyl (C=O) groups excluding carboxylic acids is 1. The van der Waals surface area contributed by atoms with Crippen LogP contribution in [0.3, 0.4) is 0 Å². The molecule has 1 amide bonds. The van der Waals surface area contributed by atoms with Crippen LogP contribution in [0.5, 0.6) is 11.5 Å². The molecule has 0 unspecified atom stereocenters. The van der Waals surface area contributed by atoms with Gasteiger partial charge in [-0.2, -0.15) is 5.10 Å². The zero-order chi connectivity index (χ0) is 16.1. The van der Waals surface area contributed by atoms with Gasteiger partial charge in [-0.3, -0.25) is 14.9 Å². The Bertz CT molecular complexity index is 741. The van der Waals surface area contributed by atoms with Gasteiger partial charge in [-0.15, -0.1) is 0 Å². The molecule has 0 heterocycles. The Kier molecular flexibility index (Phi) is 4.33. The lowest BCUT2D eigenvalue weighted by atomic mass is 10.2. The number of hydrogen-bond donors (Lipinski definition) is 3. The predicted octanol–water partition coefficient (Wildman–Crippen LogP) is 1.77. The molecule has 0 bridgehead atoms. The number of aromatic hydroxyl groups is 2. The van der Waals surface area contributed by atoms with E-state index in [1.165, 1.54) is 36.4 Å². The SMILES string of the molecule is O=C(N/N=C\c1cccc([N+](=O)[O-])c1O)c1ccc(O)cc1. The summed E-state index contributed by atoms with van der Waals surface area (Å²) in [5.74, 6) is -1.03. The molecule has 112 valence electrons. The highest BCUT2D eigenvalue weighted by Crippen LogP contribution is 2.27. The standard InChI is InChI=1S/C14H11N3O5/c18-11-6-4-9(5-7-11)14(20)16-15-8-10-2-1-3-12(13(10)19)17(21)22/h1-8,18-19H,(H,16,20)/b15-8-. The minimum Gasteiger partial charge on any atom is -0.508 e. The molecule has 8 nitrogen and oxygen atoms in total. The van der Waals surface area contributed by atoms with E-state index >= 15 is 0 Å². The van der Waals surface area contributed by atoms with Gasteiger partial charge in [0.25, 0.3) is 5.91 Å². The monoisotopic (exact) mass is 301 g/mol. The summed E-state index contributed by atoms with van der Waals surface area (Å²) in [5.41, 5.74) is 2.13. The largest absolute Gasteiger partial charge is 0.508 e. The molecule has 2 rings (SSSR count). The maximum Gasteiger partial charge on any atom is 0.311 e. The smallest absolute Gasteiger partial charge is 0.311 e. The highest BCUT2D eigenvalue weighted by molar-refractivity contribution is 5.95. The zero-order valence-corrected chi connectivity index (χ0v) is 11.1. The van der Waals surface area contributed by atoms with Gasteiger partial charge in [0.2, 0.25) is 5.75 Å². The average molecular weight is 301 g/mol. The van der Waals surface area contributed by atoms with Crippen molar-refractivity contribution in [3.05, 3.63) is 63.7 Å². The number of phenols is 2. The fourth-order valence-corrected chi connectivity index (χ4v) is 1.64. The summed E-state index contributed by atoms with van der Waals surface area (Å²) >= 11 is 0. The Hall–Kier alpha value is -3.42. The van der Waals surface area contributed by atoms with E-state index in [0.717, 1.165) is 12.3 Å². The van der Waals surface area contributed by atoms with Crippen LogP contribution in [0.15, 0.2) is 47.6 Å². The summed E-state index contributed by atoms with van der Waals surface area (Å²) in [5, 5.41) is 33.1. The number of hydrazone groups is 1. The lowest BCUT2D eigenvalue weighted by Gasteiger charge is -2.01. The molecule has 0 saturated heterocycles. The summed E-state index contributed by atoms with van der Waals surface area (Å²) in [6, 6.07) is 9.48. The number of para-hydroxylation sites is 1. The van der Waals surface area contributed by atoms with E-state index in [-0.39, 0.29) is 16.9 Å². The van der Waals surface area contributed by atoms with Crippen LogP contribution in [0, 0.1) is 10.1 Å². The second-order valence-electron chi connectivity index (χ2n) is 4.22. The number of nitrogens with one attached hydrogen (secondary N) is 1. The van der Waals surface area contributed by atoms with Crippen LogP contribution in [0.2, 0.25) is 0 Å². The molecule has 0 saturated carbocycles. The number of carbonyl (C=O) groups is 1. The molecule has 0 aromatic heterocycles. The van der Waals surface area contributed by atoms with Crippen molar-refractivity contribution < 1.29 is 19.9 Å². The summed E-state index contributed by atoms with van der Waals surface area (Å²) in [4.78, 5) is 21.7. The third-order valence-corrected chi connectivity index (χ3v) is 2.74. The number of amides is 1. The van der Waals surface area contributed by atoms with Crippen molar-refractivity contribution in [3.8, 4) is 11.5 Å². The van der Waals surface area contributed by atoms with E-state index in [2.05, 4.69) is 10.5 Å². The van der Waals surface area contributed by atoms with Crippen LogP contribution < -0.4 is 5.43 Å². The number of hydrogen-bond acceptors (Lipinski definition) is 6.